The van der Waals surface area contributed by atoms with Crippen LogP contribution in [0.5, 0.6) is 0 Å². The van der Waals surface area contributed by atoms with Crippen LogP contribution >= 0.6 is 0 Å². The van der Waals surface area contributed by atoms with Crippen LogP contribution in [0.15, 0.2) is 36.4 Å². The lowest BCUT2D eigenvalue weighted by molar-refractivity contribution is 0.0545. The topological polar surface area (TPSA) is 79.4 Å². The van der Waals surface area contributed by atoms with Gasteiger partial charge in [0.25, 0.3) is 5.91 Å². The normalized spacial score (nSPS) is 27.5. The number of anilines is 1. The Morgan fingerprint density at radius 2 is 1.88 bits per heavy atom. The Labute approximate surface area is 192 Å². The molecule has 3 atom stereocenters. The van der Waals surface area contributed by atoms with Crippen molar-refractivity contribution in [3.05, 3.63) is 42.0 Å². The summed E-state index contributed by atoms with van der Waals surface area (Å²) >= 11 is 0. The van der Waals surface area contributed by atoms with Crippen molar-refractivity contribution < 1.29 is 12.3 Å². The third-order valence-corrected chi connectivity index (χ3v) is 7.03. The standard InChI is InChI=1S/C25H33N5O2/c1-26-25(31)22-5-3-2-4-21(22)23-6-7-24(29-28-23)27-20-12-18-15-30(16-19(18)13-20)14-17-8-10-32-11-9-17/h2-7,17-20H,8-16H2,1H3,(H,26,31)(H,27,29)/t18-,19+,20?/i14D2. The highest BCUT2D eigenvalue weighted by Gasteiger charge is 2.41. The fourth-order valence-electron chi connectivity index (χ4n) is 5.41. The molecule has 170 valence electrons. The first-order chi connectivity index (χ1) is 16.5. The highest BCUT2D eigenvalue weighted by molar-refractivity contribution is 6.00. The van der Waals surface area contributed by atoms with E-state index in [1.165, 1.54) is 0 Å². The van der Waals surface area contributed by atoms with Crippen molar-refractivity contribution in [2.45, 2.75) is 31.7 Å². The number of aromatic nitrogens is 2. The van der Waals surface area contributed by atoms with Crippen molar-refractivity contribution in [3.8, 4) is 11.3 Å². The van der Waals surface area contributed by atoms with E-state index < -0.39 is 6.50 Å². The summed E-state index contributed by atoms with van der Waals surface area (Å²) in [7, 11) is 1.62. The third kappa shape index (κ3) is 4.64. The Hall–Kier alpha value is -2.51. The summed E-state index contributed by atoms with van der Waals surface area (Å²) < 4.78 is 22.9. The zero-order valence-electron chi connectivity index (χ0n) is 20.6. The number of likely N-dealkylation sites (tertiary alicyclic amines) is 1. The molecular formula is C25H33N5O2. The van der Waals surface area contributed by atoms with Gasteiger partial charge in [0.15, 0.2) is 0 Å². The lowest BCUT2D eigenvalue weighted by Gasteiger charge is -2.27. The fraction of sp³-hybridized carbons (Fsp3) is 0.560. The van der Waals surface area contributed by atoms with E-state index in [2.05, 4.69) is 25.7 Å². The lowest BCUT2D eigenvalue weighted by Crippen LogP contribution is -2.32. The average molecular weight is 438 g/mol. The number of carbonyl (C=O) groups is 1. The molecule has 7 heteroatoms. The van der Waals surface area contributed by atoms with E-state index in [0.717, 1.165) is 50.2 Å². The van der Waals surface area contributed by atoms with Gasteiger partial charge in [-0.05, 0) is 61.6 Å². The first-order valence-electron chi connectivity index (χ1n) is 12.7. The molecule has 2 aliphatic heterocycles. The molecule has 1 aromatic heterocycles. The Morgan fingerprint density at radius 1 is 1.12 bits per heavy atom. The van der Waals surface area contributed by atoms with E-state index in [-0.39, 0.29) is 11.8 Å². The van der Waals surface area contributed by atoms with Crippen LogP contribution in [0.2, 0.25) is 0 Å². The number of hydrogen-bond acceptors (Lipinski definition) is 6. The van der Waals surface area contributed by atoms with Crippen molar-refractivity contribution in [1.29, 1.82) is 0 Å². The maximum absolute atomic E-state index is 12.2. The highest BCUT2D eigenvalue weighted by atomic mass is 16.5. The molecule has 2 saturated heterocycles. The van der Waals surface area contributed by atoms with Crippen LogP contribution in [-0.4, -0.2) is 66.9 Å². The first kappa shape index (κ1) is 19.0. The second-order valence-electron chi connectivity index (χ2n) is 9.18. The maximum Gasteiger partial charge on any atom is 0.251 e. The monoisotopic (exact) mass is 437 g/mol. The smallest absolute Gasteiger partial charge is 0.251 e. The molecule has 0 radical (unpaired) electrons. The van der Waals surface area contributed by atoms with E-state index in [1.807, 2.05) is 30.3 Å². The van der Waals surface area contributed by atoms with Gasteiger partial charge in [0.1, 0.15) is 5.82 Å². The minimum absolute atomic E-state index is 0.0660. The van der Waals surface area contributed by atoms with Crippen LogP contribution in [0.4, 0.5) is 5.82 Å². The first-order valence-corrected chi connectivity index (χ1v) is 11.7. The minimum Gasteiger partial charge on any atom is -0.381 e. The molecule has 2 aromatic rings. The SMILES string of the molecule is [2H]C([2H])(C1CCOCC1)N1C[C@H]2CC(Nc3ccc(-c4ccccc4C(=O)NC)nn3)C[C@H]2C1. The quantitative estimate of drug-likeness (QED) is 0.723. The van der Waals surface area contributed by atoms with Crippen molar-refractivity contribution >= 4 is 11.7 Å². The molecule has 3 heterocycles. The van der Waals surface area contributed by atoms with Crippen molar-refractivity contribution in [2.24, 2.45) is 17.8 Å². The zero-order valence-corrected chi connectivity index (χ0v) is 18.6. The predicted molar refractivity (Wildman–Crippen MR) is 124 cm³/mol. The fourth-order valence-corrected chi connectivity index (χ4v) is 5.41. The van der Waals surface area contributed by atoms with Gasteiger partial charge in [-0.2, -0.15) is 0 Å². The second kappa shape index (κ2) is 9.55. The van der Waals surface area contributed by atoms with Crippen LogP contribution < -0.4 is 10.6 Å². The number of fused-ring (bicyclic) bond motifs is 1. The molecule has 2 N–H and O–H groups in total. The van der Waals surface area contributed by atoms with Gasteiger partial charge in [-0.15, -0.1) is 10.2 Å². The number of ether oxygens (including phenoxy) is 1. The molecule has 1 unspecified atom stereocenters. The van der Waals surface area contributed by atoms with Gasteiger partial charge in [0, 0.05) is 59.8 Å². The van der Waals surface area contributed by atoms with Gasteiger partial charge < -0.3 is 20.3 Å². The largest absolute Gasteiger partial charge is 0.381 e. The van der Waals surface area contributed by atoms with Gasteiger partial charge in [-0.3, -0.25) is 4.79 Å². The molecule has 3 fully saturated rings. The van der Waals surface area contributed by atoms with Crippen molar-refractivity contribution in [3.63, 3.8) is 0 Å². The van der Waals surface area contributed by atoms with Gasteiger partial charge in [-0.25, -0.2) is 0 Å². The van der Waals surface area contributed by atoms with Gasteiger partial charge in [-0.1, -0.05) is 18.2 Å². The number of nitrogens with zero attached hydrogens (tertiary/aromatic N) is 3. The summed E-state index contributed by atoms with van der Waals surface area (Å²) in [6, 6.07) is 11.5. The molecule has 0 spiro atoms. The van der Waals surface area contributed by atoms with Crippen LogP contribution in [0.1, 0.15) is 38.8 Å². The van der Waals surface area contributed by atoms with Gasteiger partial charge >= 0.3 is 0 Å². The van der Waals surface area contributed by atoms with Crippen molar-refractivity contribution in [1.82, 2.24) is 20.4 Å². The van der Waals surface area contributed by atoms with E-state index in [0.29, 0.717) is 42.3 Å². The molecule has 0 bridgehead atoms. The Morgan fingerprint density at radius 3 is 2.56 bits per heavy atom. The van der Waals surface area contributed by atoms with Gasteiger partial charge in [0.05, 0.1) is 5.69 Å². The van der Waals surface area contributed by atoms with Crippen molar-refractivity contribution in [2.75, 3.05) is 45.2 Å². The molecule has 1 aromatic carbocycles. The third-order valence-electron chi connectivity index (χ3n) is 7.03. The van der Waals surface area contributed by atoms with Crippen LogP contribution in [-0.2, 0) is 4.74 Å². The summed E-state index contributed by atoms with van der Waals surface area (Å²) in [5.41, 5.74) is 2.00. The number of benzene rings is 1. The summed E-state index contributed by atoms with van der Waals surface area (Å²) in [6.45, 7) is 1.76. The number of nitrogens with one attached hydrogen (secondary N) is 2. The molecule has 32 heavy (non-hydrogen) atoms. The van der Waals surface area contributed by atoms with E-state index in [9.17, 15) is 4.79 Å². The molecule has 7 nitrogen and oxygen atoms in total. The molecule has 1 saturated carbocycles. The molecule has 1 amide bonds. The number of rotatable bonds is 6. The highest BCUT2D eigenvalue weighted by Crippen LogP contribution is 2.39. The lowest BCUT2D eigenvalue weighted by atomic mass is 10.00. The number of amides is 1. The zero-order chi connectivity index (χ0) is 23.7. The summed E-state index contributed by atoms with van der Waals surface area (Å²) in [4.78, 5) is 14.3. The van der Waals surface area contributed by atoms with Crippen LogP contribution in [0.3, 0.4) is 0 Å². The number of hydrogen-bond donors (Lipinski definition) is 2. The van der Waals surface area contributed by atoms with Gasteiger partial charge in [0.2, 0.25) is 0 Å². The molecular weight excluding hydrogens is 402 g/mol. The second-order valence-corrected chi connectivity index (χ2v) is 9.18. The Balaban J connectivity index is 1.19. The molecule has 1 aliphatic carbocycles. The van der Waals surface area contributed by atoms with E-state index >= 15 is 0 Å². The van der Waals surface area contributed by atoms with E-state index in [1.54, 1.807) is 13.1 Å². The minimum atomic E-state index is -1.25. The molecule has 3 aliphatic rings. The van der Waals surface area contributed by atoms with Crippen LogP contribution in [0.25, 0.3) is 11.3 Å². The summed E-state index contributed by atoms with van der Waals surface area (Å²) in [5, 5.41) is 15.0. The summed E-state index contributed by atoms with van der Waals surface area (Å²) in [5.74, 6) is 1.68. The number of carbonyl (C=O) groups excluding carboxylic acids is 1. The van der Waals surface area contributed by atoms with E-state index in [4.69, 9.17) is 7.48 Å². The maximum atomic E-state index is 12.2. The summed E-state index contributed by atoms with van der Waals surface area (Å²) in [6.07, 6.45) is 3.67. The predicted octanol–water partition coefficient (Wildman–Crippen LogP) is 3.05. The Bertz CT molecular complexity index is 999. The Kier molecular flexibility index (Phi) is 5.67. The molecule has 5 rings (SSSR count). The average Bonchev–Trinajstić information content (AvgIpc) is 3.44. The van der Waals surface area contributed by atoms with Crippen LogP contribution in [0, 0.1) is 17.8 Å².